The van der Waals surface area contributed by atoms with Gasteiger partial charge in [0.15, 0.2) is 0 Å². The number of hydrogen-bond acceptors (Lipinski definition) is 4. The van der Waals surface area contributed by atoms with Gasteiger partial charge in [0.2, 0.25) is 5.95 Å². The lowest BCUT2D eigenvalue weighted by Crippen LogP contribution is -2.17. The molecule has 2 aromatic rings. The molecule has 134 valence electrons. The van der Waals surface area contributed by atoms with Gasteiger partial charge in [-0.25, -0.2) is 4.68 Å². The van der Waals surface area contributed by atoms with Gasteiger partial charge in [0.05, 0.1) is 0 Å². The summed E-state index contributed by atoms with van der Waals surface area (Å²) in [6.07, 6.45) is 1.80. The summed E-state index contributed by atoms with van der Waals surface area (Å²) in [6, 6.07) is 6.01. The van der Waals surface area contributed by atoms with Crippen LogP contribution in [-0.2, 0) is 6.54 Å². The van der Waals surface area contributed by atoms with Crippen LogP contribution < -0.4 is 10.1 Å². The zero-order chi connectivity index (χ0) is 17.9. The highest BCUT2D eigenvalue weighted by molar-refractivity contribution is 5.35. The molecule has 0 bridgehead atoms. The minimum absolute atomic E-state index is 0.00362. The number of halogens is 3. The maximum Gasteiger partial charge on any atom is 0.573 e. The minimum atomic E-state index is -4.68. The molecule has 5 nitrogen and oxygen atoms in total. The summed E-state index contributed by atoms with van der Waals surface area (Å²) in [5.41, 5.74) is 0.905. The third-order valence-electron chi connectivity index (χ3n) is 4.02. The molecule has 3 rings (SSSR count). The van der Waals surface area contributed by atoms with Crippen LogP contribution in [0.15, 0.2) is 36.5 Å². The second-order valence-corrected chi connectivity index (χ2v) is 5.83. The molecule has 0 saturated heterocycles. The van der Waals surface area contributed by atoms with Gasteiger partial charge in [-0.3, -0.25) is 0 Å². The third kappa shape index (κ3) is 4.32. The molecule has 1 aromatic heterocycles. The van der Waals surface area contributed by atoms with Gasteiger partial charge >= 0.3 is 6.36 Å². The van der Waals surface area contributed by atoms with E-state index in [2.05, 4.69) is 20.1 Å². The first-order valence-electron chi connectivity index (χ1n) is 8.14. The van der Waals surface area contributed by atoms with Crippen molar-refractivity contribution in [2.45, 2.75) is 45.0 Å². The summed E-state index contributed by atoms with van der Waals surface area (Å²) >= 11 is 0. The van der Waals surface area contributed by atoms with Crippen LogP contribution in [-0.4, -0.2) is 21.1 Å². The molecule has 0 radical (unpaired) electrons. The molecule has 0 amide bonds. The number of anilines is 1. The van der Waals surface area contributed by atoms with Crippen LogP contribution in [0, 0.1) is 0 Å². The van der Waals surface area contributed by atoms with Crippen molar-refractivity contribution in [2.75, 3.05) is 5.32 Å². The third-order valence-corrected chi connectivity index (χ3v) is 4.02. The van der Waals surface area contributed by atoms with Crippen LogP contribution >= 0.6 is 0 Å². The van der Waals surface area contributed by atoms with Gasteiger partial charge in [0.25, 0.3) is 0 Å². The van der Waals surface area contributed by atoms with E-state index in [-0.39, 0.29) is 11.7 Å². The first-order chi connectivity index (χ1) is 12.0. The van der Waals surface area contributed by atoms with Gasteiger partial charge in [0, 0.05) is 12.5 Å². The van der Waals surface area contributed by atoms with E-state index in [0.717, 1.165) is 37.2 Å². The van der Waals surface area contributed by atoms with Gasteiger partial charge in [-0.2, -0.15) is 4.98 Å². The van der Waals surface area contributed by atoms with Crippen LogP contribution in [0.25, 0.3) is 0 Å². The van der Waals surface area contributed by atoms with Crippen molar-refractivity contribution >= 4 is 5.95 Å². The maximum absolute atomic E-state index is 12.3. The van der Waals surface area contributed by atoms with E-state index < -0.39 is 6.36 Å². The Labute approximate surface area is 143 Å². The van der Waals surface area contributed by atoms with Crippen molar-refractivity contribution in [3.63, 3.8) is 0 Å². The van der Waals surface area contributed by atoms with Crippen LogP contribution in [0.5, 0.6) is 5.75 Å². The molecule has 25 heavy (non-hydrogen) atoms. The maximum atomic E-state index is 12.3. The average molecular weight is 352 g/mol. The monoisotopic (exact) mass is 352 g/mol. The Hall–Kier alpha value is -2.51. The number of fused-ring (bicyclic) bond motifs is 1. The number of benzene rings is 1. The molecule has 1 N–H and O–H groups in total. The Morgan fingerprint density at radius 3 is 2.68 bits per heavy atom. The second kappa shape index (κ2) is 7.16. The molecule has 1 aromatic carbocycles. The second-order valence-electron chi connectivity index (χ2n) is 5.83. The van der Waals surface area contributed by atoms with E-state index >= 15 is 0 Å². The molecule has 0 unspecified atom stereocenters. The number of nitrogens with one attached hydrogen (secondary N) is 1. The smallest absolute Gasteiger partial charge is 0.406 e. The topological polar surface area (TPSA) is 52.0 Å². The van der Waals surface area contributed by atoms with Gasteiger partial charge in [0.1, 0.15) is 11.6 Å². The van der Waals surface area contributed by atoms with Crippen molar-refractivity contribution in [1.29, 1.82) is 0 Å². The number of hydrogen-bond donors (Lipinski definition) is 1. The van der Waals surface area contributed by atoms with Gasteiger partial charge < -0.3 is 10.1 Å². The molecule has 1 atom stereocenters. The average Bonchev–Trinajstić information content (AvgIpc) is 2.85. The summed E-state index contributed by atoms with van der Waals surface area (Å²) in [4.78, 5) is 4.57. The number of alkyl halides is 3. The van der Waals surface area contributed by atoms with E-state index in [4.69, 9.17) is 0 Å². The predicted molar refractivity (Wildman–Crippen MR) is 87.3 cm³/mol. The Morgan fingerprint density at radius 2 is 2.00 bits per heavy atom. The Bertz CT molecular complexity index is 737. The normalized spacial score (nSPS) is 18.0. The SMILES string of the molecule is C/C=C/Nc1nc2n(n1)CCCC[C@H]2c1ccc(OC(F)(F)F)cc1. The molecular formula is C17H19F3N4O. The summed E-state index contributed by atoms with van der Waals surface area (Å²) in [5.74, 6) is 1.13. The fourth-order valence-corrected chi connectivity index (χ4v) is 2.95. The molecule has 2 heterocycles. The van der Waals surface area contributed by atoms with E-state index in [1.54, 1.807) is 18.3 Å². The van der Waals surface area contributed by atoms with Crippen molar-refractivity contribution < 1.29 is 17.9 Å². The number of allylic oxidation sites excluding steroid dienone is 1. The first kappa shape index (κ1) is 17.3. The summed E-state index contributed by atoms with van der Waals surface area (Å²) in [6.45, 7) is 2.67. The lowest BCUT2D eigenvalue weighted by Gasteiger charge is -2.15. The number of rotatable bonds is 4. The quantitative estimate of drug-likeness (QED) is 0.884. The van der Waals surface area contributed by atoms with Crippen LogP contribution in [0.3, 0.4) is 0 Å². The molecule has 1 aliphatic rings. The van der Waals surface area contributed by atoms with Crippen LogP contribution in [0.1, 0.15) is 43.5 Å². The molecule has 0 saturated carbocycles. The summed E-state index contributed by atoms with van der Waals surface area (Å²) in [5, 5.41) is 7.47. The fraction of sp³-hybridized carbons (Fsp3) is 0.412. The van der Waals surface area contributed by atoms with E-state index in [9.17, 15) is 13.2 Å². The highest BCUT2D eigenvalue weighted by atomic mass is 19.4. The van der Waals surface area contributed by atoms with Crippen molar-refractivity contribution in [3.05, 3.63) is 47.9 Å². The largest absolute Gasteiger partial charge is 0.573 e. The van der Waals surface area contributed by atoms with Crippen LogP contribution in [0.2, 0.25) is 0 Å². The fourth-order valence-electron chi connectivity index (χ4n) is 2.95. The molecule has 0 spiro atoms. The number of aromatic nitrogens is 3. The van der Waals surface area contributed by atoms with Gasteiger partial charge in [-0.15, -0.1) is 18.3 Å². The van der Waals surface area contributed by atoms with Crippen molar-refractivity contribution in [2.24, 2.45) is 0 Å². The Balaban J connectivity index is 1.85. The highest BCUT2D eigenvalue weighted by Gasteiger charge is 2.31. The van der Waals surface area contributed by atoms with Crippen molar-refractivity contribution in [1.82, 2.24) is 14.8 Å². The van der Waals surface area contributed by atoms with Gasteiger partial charge in [-0.1, -0.05) is 24.6 Å². The molecule has 0 aliphatic carbocycles. The van der Waals surface area contributed by atoms with Crippen LogP contribution in [0.4, 0.5) is 19.1 Å². The standard InChI is InChI=1S/C17H19F3N4O/c1-2-10-21-16-22-15-14(5-3-4-11-24(15)23-16)12-6-8-13(9-7-12)25-17(18,19)20/h2,6-10,14H,3-5,11H2,1H3,(H,21,23)/b10-2+/t14-/m0/s1. The molecule has 1 aliphatic heterocycles. The Kier molecular flexibility index (Phi) is 4.96. The summed E-state index contributed by atoms with van der Waals surface area (Å²) in [7, 11) is 0. The van der Waals surface area contributed by atoms with E-state index in [1.807, 2.05) is 17.7 Å². The van der Waals surface area contributed by atoms with Gasteiger partial charge in [-0.05, 0) is 43.7 Å². The molecular weight excluding hydrogens is 333 g/mol. The number of aryl methyl sites for hydroxylation is 1. The zero-order valence-corrected chi connectivity index (χ0v) is 13.8. The highest BCUT2D eigenvalue weighted by Crippen LogP contribution is 2.33. The Morgan fingerprint density at radius 1 is 1.24 bits per heavy atom. The summed E-state index contributed by atoms with van der Waals surface area (Å²) < 4.78 is 42.7. The lowest BCUT2D eigenvalue weighted by molar-refractivity contribution is -0.274. The predicted octanol–water partition coefficient (Wildman–Crippen LogP) is 4.44. The minimum Gasteiger partial charge on any atom is -0.406 e. The molecule has 8 heteroatoms. The van der Waals surface area contributed by atoms with E-state index in [0.29, 0.717) is 5.95 Å². The van der Waals surface area contributed by atoms with Crippen molar-refractivity contribution in [3.8, 4) is 5.75 Å². The number of nitrogens with zero attached hydrogens (tertiary/aromatic N) is 3. The van der Waals surface area contributed by atoms with E-state index in [1.165, 1.54) is 12.1 Å². The lowest BCUT2D eigenvalue weighted by atomic mass is 9.93. The number of ether oxygens (including phenoxy) is 1. The first-order valence-corrected chi connectivity index (χ1v) is 8.14. The zero-order valence-electron chi connectivity index (χ0n) is 13.8. The molecule has 0 fully saturated rings.